The van der Waals surface area contributed by atoms with E-state index in [1.165, 1.54) is 11.1 Å². The Balaban J connectivity index is 2.37. The van der Waals surface area contributed by atoms with Crippen molar-refractivity contribution in [2.24, 2.45) is 5.84 Å². The van der Waals surface area contributed by atoms with Crippen LogP contribution >= 0.6 is 15.9 Å². The van der Waals surface area contributed by atoms with Gasteiger partial charge in [-0.2, -0.15) is 0 Å². The highest BCUT2D eigenvalue weighted by Gasteiger charge is 2.17. The van der Waals surface area contributed by atoms with Crippen molar-refractivity contribution in [3.05, 3.63) is 69.2 Å². The van der Waals surface area contributed by atoms with Crippen LogP contribution in [-0.2, 0) is 5.41 Å². The zero-order chi connectivity index (χ0) is 15.6. The van der Waals surface area contributed by atoms with Gasteiger partial charge in [0.25, 0.3) is 0 Å². The Hall–Kier alpha value is -1.16. The maximum absolute atomic E-state index is 5.80. The molecule has 112 valence electrons. The highest BCUT2D eigenvalue weighted by Crippen LogP contribution is 2.30. The normalized spacial score (nSPS) is 13.2. The molecule has 1 unspecified atom stereocenters. The van der Waals surface area contributed by atoms with Crippen molar-refractivity contribution in [1.29, 1.82) is 0 Å². The monoisotopic (exact) mass is 346 g/mol. The van der Waals surface area contributed by atoms with E-state index in [0.717, 1.165) is 15.6 Å². The van der Waals surface area contributed by atoms with Crippen LogP contribution in [0.1, 0.15) is 49.1 Å². The van der Waals surface area contributed by atoms with Crippen molar-refractivity contribution >= 4 is 15.9 Å². The first kappa shape index (κ1) is 16.2. The average molecular weight is 347 g/mol. The van der Waals surface area contributed by atoms with Gasteiger partial charge in [-0.3, -0.25) is 5.84 Å². The van der Waals surface area contributed by atoms with Gasteiger partial charge in [0.15, 0.2) is 0 Å². The van der Waals surface area contributed by atoms with Gasteiger partial charge in [-0.25, -0.2) is 5.43 Å². The van der Waals surface area contributed by atoms with Crippen LogP contribution in [0.15, 0.2) is 46.9 Å². The van der Waals surface area contributed by atoms with Crippen LogP contribution in [0.25, 0.3) is 0 Å². The van der Waals surface area contributed by atoms with E-state index in [1.807, 2.05) is 0 Å². The van der Waals surface area contributed by atoms with E-state index in [4.69, 9.17) is 5.84 Å². The van der Waals surface area contributed by atoms with Gasteiger partial charge < -0.3 is 0 Å². The Labute approximate surface area is 135 Å². The maximum atomic E-state index is 5.80. The second-order valence-electron chi connectivity index (χ2n) is 6.50. The number of hydrazine groups is 1. The molecule has 3 N–H and O–H groups in total. The third-order valence-corrected chi connectivity index (χ3v) is 4.43. The van der Waals surface area contributed by atoms with Crippen molar-refractivity contribution in [3.63, 3.8) is 0 Å². The number of rotatable bonds is 3. The molecule has 0 aliphatic carbocycles. The highest BCUT2D eigenvalue weighted by atomic mass is 79.9. The molecule has 0 saturated carbocycles. The molecule has 2 aromatic rings. The van der Waals surface area contributed by atoms with E-state index >= 15 is 0 Å². The molecule has 0 heterocycles. The first-order chi connectivity index (χ1) is 9.82. The summed E-state index contributed by atoms with van der Waals surface area (Å²) in [7, 11) is 0. The van der Waals surface area contributed by atoms with E-state index < -0.39 is 0 Å². The van der Waals surface area contributed by atoms with Gasteiger partial charge in [0.2, 0.25) is 0 Å². The molecule has 21 heavy (non-hydrogen) atoms. The second-order valence-corrected chi connectivity index (χ2v) is 7.35. The molecule has 2 aromatic carbocycles. The SMILES string of the molecule is Cc1ccc(C(NN)c2ccc(C(C)(C)C)cc2)c(Br)c1. The Bertz CT molecular complexity index is 612. The Kier molecular flexibility index (Phi) is 4.87. The zero-order valence-corrected chi connectivity index (χ0v) is 14.7. The predicted octanol–water partition coefficient (Wildman–Crippen LogP) is 4.61. The molecule has 0 aliphatic heterocycles. The molecule has 0 aliphatic rings. The summed E-state index contributed by atoms with van der Waals surface area (Å²) in [5.74, 6) is 5.80. The molecule has 1 atom stereocenters. The number of nitrogens with two attached hydrogens (primary N) is 1. The van der Waals surface area contributed by atoms with Gasteiger partial charge in [0.1, 0.15) is 0 Å². The highest BCUT2D eigenvalue weighted by molar-refractivity contribution is 9.10. The van der Waals surface area contributed by atoms with Gasteiger partial charge in [0.05, 0.1) is 6.04 Å². The number of hydrogen-bond donors (Lipinski definition) is 2. The van der Waals surface area contributed by atoms with E-state index in [0.29, 0.717) is 0 Å². The van der Waals surface area contributed by atoms with Gasteiger partial charge in [0, 0.05) is 4.47 Å². The number of aryl methyl sites for hydroxylation is 1. The molecule has 0 saturated heterocycles. The molecule has 0 spiro atoms. The Morgan fingerprint density at radius 2 is 1.67 bits per heavy atom. The van der Waals surface area contributed by atoms with Crippen molar-refractivity contribution in [3.8, 4) is 0 Å². The van der Waals surface area contributed by atoms with E-state index in [1.54, 1.807) is 0 Å². The molecule has 3 heteroatoms. The van der Waals surface area contributed by atoms with Crippen LogP contribution < -0.4 is 11.3 Å². The predicted molar refractivity (Wildman–Crippen MR) is 93.2 cm³/mol. The van der Waals surface area contributed by atoms with Gasteiger partial charge in [-0.1, -0.05) is 73.1 Å². The third-order valence-electron chi connectivity index (χ3n) is 3.74. The second kappa shape index (κ2) is 6.30. The minimum Gasteiger partial charge on any atom is -0.271 e. The number of nitrogens with one attached hydrogen (secondary N) is 1. The number of hydrogen-bond acceptors (Lipinski definition) is 2. The maximum Gasteiger partial charge on any atom is 0.0721 e. The summed E-state index contributed by atoms with van der Waals surface area (Å²) in [4.78, 5) is 0. The van der Waals surface area contributed by atoms with Crippen molar-refractivity contribution in [2.45, 2.75) is 39.2 Å². The average Bonchev–Trinajstić information content (AvgIpc) is 2.41. The zero-order valence-electron chi connectivity index (χ0n) is 13.1. The lowest BCUT2D eigenvalue weighted by atomic mass is 9.86. The van der Waals surface area contributed by atoms with Gasteiger partial charge in [-0.05, 0) is 40.7 Å². The minimum absolute atomic E-state index is 0.0195. The fourth-order valence-electron chi connectivity index (χ4n) is 2.41. The molecular formula is C18H23BrN2. The first-order valence-electron chi connectivity index (χ1n) is 7.15. The summed E-state index contributed by atoms with van der Waals surface area (Å²) in [5.41, 5.74) is 7.94. The number of benzene rings is 2. The third kappa shape index (κ3) is 3.73. The van der Waals surface area contributed by atoms with Gasteiger partial charge in [-0.15, -0.1) is 0 Å². The summed E-state index contributed by atoms with van der Waals surface area (Å²) >= 11 is 3.64. The van der Waals surface area contributed by atoms with E-state index in [9.17, 15) is 0 Å². The lowest BCUT2D eigenvalue weighted by Gasteiger charge is -2.22. The quantitative estimate of drug-likeness (QED) is 0.629. The van der Waals surface area contributed by atoms with Crippen LogP contribution in [0.4, 0.5) is 0 Å². The topological polar surface area (TPSA) is 38.0 Å². The smallest absolute Gasteiger partial charge is 0.0721 e. The summed E-state index contributed by atoms with van der Waals surface area (Å²) in [6.07, 6.45) is 0. The van der Waals surface area contributed by atoms with E-state index in [2.05, 4.69) is 91.5 Å². The summed E-state index contributed by atoms with van der Waals surface area (Å²) in [6.45, 7) is 8.74. The first-order valence-corrected chi connectivity index (χ1v) is 7.95. The molecule has 2 rings (SSSR count). The van der Waals surface area contributed by atoms with Crippen molar-refractivity contribution < 1.29 is 0 Å². The van der Waals surface area contributed by atoms with Crippen LogP contribution in [0.2, 0.25) is 0 Å². The minimum atomic E-state index is -0.0195. The molecule has 0 radical (unpaired) electrons. The fourth-order valence-corrected chi connectivity index (χ4v) is 3.13. The van der Waals surface area contributed by atoms with Crippen LogP contribution in [0, 0.1) is 6.92 Å². The van der Waals surface area contributed by atoms with Gasteiger partial charge >= 0.3 is 0 Å². The molecule has 2 nitrogen and oxygen atoms in total. The molecule has 0 bridgehead atoms. The molecular weight excluding hydrogens is 324 g/mol. The number of halogens is 1. The standard InChI is InChI=1S/C18H23BrN2/c1-12-5-10-15(16(19)11-12)17(21-20)13-6-8-14(9-7-13)18(2,3)4/h5-11,17,21H,20H2,1-4H3. The summed E-state index contributed by atoms with van der Waals surface area (Å²) in [5, 5.41) is 0. The molecule has 0 aromatic heterocycles. The van der Waals surface area contributed by atoms with Crippen LogP contribution in [0.3, 0.4) is 0 Å². The lowest BCUT2D eigenvalue weighted by molar-refractivity contribution is 0.588. The molecule has 0 amide bonds. The summed E-state index contributed by atoms with van der Waals surface area (Å²) < 4.78 is 1.07. The molecule has 0 fully saturated rings. The Morgan fingerprint density at radius 3 is 2.14 bits per heavy atom. The Morgan fingerprint density at radius 1 is 1.05 bits per heavy atom. The largest absolute Gasteiger partial charge is 0.271 e. The van der Waals surface area contributed by atoms with Crippen molar-refractivity contribution in [1.82, 2.24) is 5.43 Å². The van der Waals surface area contributed by atoms with E-state index in [-0.39, 0.29) is 11.5 Å². The van der Waals surface area contributed by atoms with Crippen LogP contribution in [0.5, 0.6) is 0 Å². The summed E-state index contributed by atoms with van der Waals surface area (Å²) in [6, 6.07) is 15.0. The lowest BCUT2D eigenvalue weighted by Crippen LogP contribution is -2.29. The van der Waals surface area contributed by atoms with Crippen LogP contribution in [-0.4, -0.2) is 0 Å². The fraction of sp³-hybridized carbons (Fsp3) is 0.333. The van der Waals surface area contributed by atoms with Crippen molar-refractivity contribution in [2.75, 3.05) is 0 Å².